The van der Waals surface area contributed by atoms with Crippen molar-refractivity contribution >= 4 is 17.8 Å². The Morgan fingerprint density at radius 3 is 2.37 bits per heavy atom. The SMILES string of the molecule is C=C1C(=O)[C@@]23C(CC[C@@H]1[C@H]2OC(=O)C1CCN(C(=O)OC(C)(C)C)CC1)[C@@]12CO[C@@]3(O)[C@@H](O)[C@@H]1C(C)(C)CC[C@@H]2O. The molecular formula is C31H45NO9. The van der Waals surface area contributed by atoms with E-state index in [-0.39, 0.29) is 12.2 Å². The van der Waals surface area contributed by atoms with E-state index in [1.54, 1.807) is 25.7 Å². The van der Waals surface area contributed by atoms with Gasteiger partial charge in [-0.15, -0.1) is 0 Å². The van der Waals surface area contributed by atoms with Crippen LogP contribution in [0.1, 0.15) is 73.1 Å². The molecule has 9 atom stereocenters. The summed E-state index contributed by atoms with van der Waals surface area (Å²) in [4.78, 5) is 42.0. The molecule has 7 rings (SSSR count). The van der Waals surface area contributed by atoms with Crippen LogP contribution in [0, 0.1) is 39.9 Å². The summed E-state index contributed by atoms with van der Waals surface area (Å²) in [7, 11) is 0. The third-order valence-electron chi connectivity index (χ3n) is 11.6. The van der Waals surface area contributed by atoms with Crippen molar-refractivity contribution in [1.29, 1.82) is 0 Å². The molecule has 0 aromatic heterocycles. The lowest BCUT2D eigenvalue weighted by molar-refractivity contribution is -0.458. The number of carbonyl (C=O) groups is 3. The predicted molar refractivity (Wildman–Crippen MR) is 145 cm³/mol. The van der Waals surface area contributed by atoms with Gasteiger partial charge in [0.25, 0.3) is 0 Å². The molecule has 0 aromatic carbocycles. The predicted octanol–water partition coefficient (Wildman–Crippen LogP) is 2.57. The summed E-state index contributed by atoms with van der Waals surface area (Å²) < 4.78 is 17.8. The lowest BCUT2D eigenvalue weighted by Gasteiger charge is -2.74. The van der Waals surface area contributed by atoms with Crippen LogP contribution in [-0.2, 0) is 23.8 Å². The second kappa shape index (κ2) is 9.00. The molecule has 3 aliphatic heterocycles. The van der Waals surface area contributed by atoms with E-state index in [0.29, 0.717) is 51.6 Å². The highest BCUT2D eigenvalue weighted by atomic mass is 16.7. The van der Waals surface area contributed by atoms with Gasteiger partial charge >= 0.3 is 12.1 Å². The lowest BCUT2D eigenvalue weighted by Crippen LogP contribution is -2.85. The van der Waals surface area contributed by atoms with Crippen LogP contribution in [0.4, 0.5) is 4.79 Å². The fourth-order valence-corrected chi connectivity index (χ4v) is 9.88. The molecule has 1 unspecified atom stereocenters. The quantitative estimate of drug-likeness (QED) is 0.334. The van der Waals surface area contributed by atoms with Crippen LogP contribution in [0.2, 0.25) is 0 Å². The van der Waals surface area contributed by atoms with Crippen molar-refractivity contribution in [2.24, 2.45) is 39.9 Å². The van der Waals surface area contributed by atoms with E-state index >= 15 is 0 Å². The number of piperidine rings is 1. The molecule has 41 heavy (non-hydrogen) atoms. The molecule has 0 aromatic rings. The van der Waals surface area contributed by atoms with Crippen molar-refractivity contribution in [2.75, 3.05) is 19.7 Å². The number of carbonyl (C=O) groups excluding carboxylic acids is 3. The highest BCUT2D eigenvalue weighted by Crippen LogP contribution is 2.76. The van der Waals surface area contributed by atoms with Gasteiger partial charge in [0.2, 0.25) is 5.79 Å². The zero-order valence-electron chi connectivity index (χ0n) is 24.9. The highest BCUT2D eigenvalue weighted by Gasteiger charge is 2.87. The van der Waals surface area contributed by atoms with Gasteiger partial charge < -0.3 is 34.4 Å². The van der Waals surface area contributed by atoms with Gasteiger partial charge in [-0.1, -0.05) is 20.4 Å². The van der Waals surface area contributed by atoms with E-state index in [0.717, 1.165) is 0 Å². The van der Waals surface area contributed by atoms with E-state index in [9.17, 15) is 29.7 Å². The van der Waals surface area contributed by atoms with E-state index in [1.807, 2.05) is 13.8 Å². The molecule has 4 bridgehead atoms. The molecule has 3 N–H and O–H groups in total. The van der Waals surface area contributed by atoms with E-state index in [2.05, 4.69) is 6.58 Å². The number of nitrogens with zero attached hydrogens (tertiary/aromatic N) is 1. The third-order valence-corrected chi connectivity index (χ3v) is 11.6. The summed E-state index contributed by atoms with van der Waals surface area (Å²) in [5, 5.41) is 35.8. The van der Waals surface area contributed by atoms with Crippen LogP contribution in [0.3, 0.4) is 0 Å². The number of ketones is 1. The highest BCUT2D eigenvalue weighted by molar-refractivity contribution is 6.05. The maximum Gasteiger partial charge on any atom is 0.410 e. The Labute approximate surface area is 241 Å². The third kappa shape index (κ3) is 3.66. The van der Waals surface area contributed by atoms with Gasteiger partial charge in [-0.05, 0) is 76.2 Å². The summed E-state index contributed by atoms with van der Waals surface area (Å²) in [6.07, 6.45) is -0.814. The largest absolute Gasteiger partial charge is 0.460 e. The normalized spacial score (nSPS) is 45.2. The topological polar surface area (TPSA) is 143 Å². The summed E-state index contributed by atoms with van der Waals surface area (Å²) in [6.45, 7) is 14.2. The van der Waals surface area contributed by atoms with Crippen LogP contribution in [-0.4, -0.2) is 87.5 Å². The zero-order valence-corrected chi connectivity index (χ0v) is 24.9. The standard InChI is InChI=1S/C31H45NO9/c1-16-18-7-8-19-29-15-39-31(38,23(35)21(29)28(5,6)12-9-20(29)33)30(19,22(16)34)24(18)40-25(36)17-10-13-32(14-11-17)26(37)41-27(2,3)4/h17-21,23-24,33,35,38H,1,7-15H2,2-6H3/t18-,19?,20-,21+,23-,24+,29+,30-,31-/m0/s1. The molecule has 4 saturated carbocycles. The molecule has 10 heteroatoms. The van der Waals surface area contributed by atoms with Crippen molar-refractivity contribution in [3.05, 3.63) is 12.2 Å². The zero-order chi connectivity index (χ0) is 29.9. The number of ether oxygens (including phenoxy) is 3. The number of rotatable bonds is 2. The molecule has 10 nitrogen and oxygen atoms in total. The van der Waals surface area contributed by atoms with Gasteiger partial charge in [0.05, 0.1) is 18.6 Å². The molecule has 4 aliphatic carbocycles. The minimum absolute atomic E-state index is 0.0243. The number of Topliss-reactive ketones (excluding diaryl/α,β-unsaturated/α-hetero) is 1. The number of hydrogen-bond acceptors (Lipinski definition) is 9. The summed E-state index contributed by atoms with van der Waals surface area (Å²) in [6, 6.07) is 0. The van der Waals surface area contributed by atoms with E-state index in [4.69, 9.17) is 14.2 Å². The smallest absolute Gasteiger partial charge is 0.410 e. The van der Waals surface area contributed by atoms with Crippen LogP contribution in [0.25, 0.3) is 0 Å². The van der Waals surface area contributed by atoms with Crippen molar-refractivity contribution in [3.8, 4) is 0 Å². The fourth-order valence-electron chi connectivity index (χ4n) is 9.88. The minimum atomic E-state index is -2.28. The summed E-state index contributed by atoms with van der Waals surface area (Å²) >= 11 is 0. The first-order chi connectivity index (χ1) is 19.0. The molecule has 7 fully saturated rings. The number of esters is 1. The van der Waals surface area contributed by atoms with Crippen LogP contribution < -0.4 is 0 Å². The lowest BCUT2D eigenvalue weighted by atomic mass is 9.35. The fraction of sp³-hybridized carbons (Fsp3) is 0.839. The average Bonchev–Trinajstić information content (AvgIpc) is 3.01. The summed E-state index contributed by atoms with van der Waals surface area (Å²) in [5.41, 5.74) is -3.48. The first kappa shape index (κ1) is 29.1. The van der Waals surface area contributed by atoms with Gasteiger partial charge in [-0.2, -0.15) is 0 Å². The second-order valence-electron chi connectivity index (χ2n) is 15.1. The molecule has 228 valence electrons. The number of aliphatic hydroxyl groups excluding tert-OH is 2. The average molecular weight is 576 g/mol. The molecule has 2 spiro atoms. The molecule has 1 amide bonds. The number of hydrogen-bond donors (Lipinski definition) is 3. The van der Waals surface area contributed by atoms with E-state index in [1.165, 1.54) is 0 Å². The van der Waals surface area contributed by atoms with Crippen molar-refractivity contribution < 1.29 is 43.9 Å². The first-order valence-electron chi connectivity index (χ1n) is 15.2. The molecule has 0 radical (unpaired) electrons. The number of fused-ring (bicyclic) bond motifs is 2. The van der Waals surface area contributed by atoms with Crippen LogP contribution >= 0.6 is 0 Å². The Hall–Kier alpha value is -2.01. The van der Waals surface area contributed by atoms with E-state index < -0.39 is 87.5 Å². The Morgan fingerprint density at radius 1 is 1.07 bits per heavy atom. The van der Waals surface area contributed by atoms with Gasteiger partial charge in [0, 0.05) is 30.3 Å². The van der Waals surface area contributed by atoms with Crippen molar-refractivity contribution in [2.45, 2.75) is 103 Å². The van der Waals surface area contributed by atoms with Crippen molar-refractivity contribution in [1.82, 2.24) is 4.90 Å². The number of aliphatic hydroxyl groups is 3. The number of amides is 1. The first-order valence-corrected chi connectivity index (χ1v) is 15.2. The Morgan fingerprint density at radius 2 is 1.73 bits per heavy atom. The Bertz CT molecular complexity index is 1170. The van der Waals surface area contributed by atoms with Gasteiger partial charge in [0.1, 0.15) is 23.2 Å². The molecule has 7 aliphatic rings. The second-order valence-corrected chi connectivity index (χ2v) is 15.1. The molecular weight excluding hydrogens is 530 g/mol. The molecule has 3 saturated heterocycles. The minimum Gasteiger partial charge on any atom is -0.460 e. The maximum absolute atomic E-state index is 14.2. The van der Waals surface area contributed by atoms with Gasteiger partial charge in [-0.25, -0.2) is 4.79 Å². The maximum atomic E-state index is 14.2. The monoisotopic (exact) mass is 575 g/mol. The van der Waals surface area contributed by atoms with Crippen LogP contribution in [0.5, 0.6) is 0 Å². The Balaban J connectivity index is 1.31. The molecule has 3 heterocycles. The van der Waals surface area contributed by atoms with Crippen LogP contribution in [0.15, 0.2) is 12.2 Å². The Kier molecular flexibility index (Phi) is 6.38. The van der Waals surface area contributed by atoms with Crippen molar-refractivity contribution in [3.63, 3.8) is 0 Å². The van der Waals surface area contributed by atoms with Gasteiger partial charge in [0.15, 0.2) is 5.78 Å². The summed E-state index contributed by atoms with van der Waals surface area (Å²) in [5.74, 6) is -5.27. The van der Waals surface area contributed by atoms with Gasteiger partial charge in [-0.3, -0.25) is 9.59 Å². The number of likely N-dealkylation sites (tertiary alicyclic amines) is 1.